The molecule has 9 heteroatoms. The number of carbonyl (C=O) groups is 1. The van der Waals surface area contributed by atoms with Crippen molar-refractivity contribution in [2.45, 2.75) is 33.2 Å². The van der Waals surface area contributed by atoms with Gasteiger partial charge in [0.25, 0.3) is 0 Å². The predicted octanol–water partition coefficient (Wildman–Crippen LogP) is 3.51. The minimum absolute atomic E-state index is 0.0443. The number of fused-ring (bicyclic) bond motifs is 1. The maximum Gasteiger partial charge on any atom is 0.240 e. The molecule has 1 atom stereocenters. The number of H-pyrrole nitrogens is 1. The van der Waals surface area contributed by atoms with Crippen LogP contribution in [0.4, 0.5) is 5.82 Å². The van der Waals surface area contributed by atoms with Gasteiger partial charge in [0.2, 0.25) is 5.91 Å². The Hall–Kier alpha value is -4.01. The van der Waals surface area contributed by atoms with Crippen LogP contribution in [0.15, 0.2) is 48.0 Å². The second-order valence-corrected chi connectivity index (χ2v) is 8.41. The zero-order chi connectivity index (χ0) is 22.4. The summed E-state index contributed by atoms with van der Waals surface area (Å²) in [6.45, 7) is 6.16. The van der Waals surface area contributed by atoms with Gasteiger partial charge in [0.05, 0.1) is 28.5 Å². The average Bonchev–Trinajstić information content (AvgIpc) is 3.41. The van der Waals surface area contributed by atoms with Crippen LogP contribution in [-0.4, -0.2) is 36.4 Å². The zero-order valence-corrected chi connectivity index (χ0v) is 18.1. The number of imidazole rings is 1. The predicted molar refractivity (Wildman–Crippen MR) is 124 cm³/mol. The molecule has 0 fully saturated rings. The van der Waals surface area contributed by atoms with Crippen LogP contribution >= 0.6 is 0 Å². The number of nitrogens with two attached hydrogens (primary N) is 1. The van der Waals surface area contributed by atoms with Crippen LogP contribution in [0.5, 0.6) is 0 Å². The molecule has 5 rings (SSSR count). The molecule has 0 radical (unpaired) electrons. The fraction of sp³-hybridized carbons (Fsp3) is 0.261. The van der Waals surface area contributed by atoms with Crippen LogP contribution in [0.1, 0.15) is 38.8 Å². The van der Waals surface area contributed by atoms with Gasteiger partial charge in [0.1, 0.15) is 11.6 Å². The van der Waals surface area contributed by atoms with E-state index in [-0.39, 0.29) is 17.9 Å². The molecule has 1 aromatic carbocycles. The first kappa shape index (κ1) is 19.9. The van der Waals surface area contributed by atoms with Crippen LogP contribution in [-0.2, 0) is 4.79 Å². The van der Waals surface area contributed by atoms with Crippen molar-refractivity contribution in [2.24, 2.45) is 11.0 Å². The lowest BCUT2D eigenvalue weighted by Gasteiger charge is -2.18. The van der Waals surface area contributed by atoms with Crippen molar-refractivity contribution in [2.75, 3.05) is 5.73 Å². The number of hydrogen-bond acceptors (Lipinski definition) is 6. The van der Waals surface area contributed by atoms with Gasteiger partial charge in [0.15, 0.2) is 0 Å². The van der Waals surface area contributed by atoms with Gasteiger partial charge in [-0.3, -0.25) is 9.48 Å². The average molecular weight is 429 g/mol. The summed E-state index contributed by atoms with van der Waals surface area (Å²) < 4.78 is 1.91. The summed E-state index contributed by atoms with van der Waals surface area (Å²) in [5.74, 6) is 1.03. The number of hydrogen-bond donors (Lipinski definition) is 3. The Labute approximate surface area is 184 Å². The van der Waals surface area contributed by atoms with E-state index in [1.54, 1.807) is 6.20 Å². The third-order valence-corrected chi connectivity index (χ3v) is 5.68. The lowest BCUT2D eigenvalue weighted by Crippen LogP contribution is -2.31. The fourth-order valence-corrected chi connectivity index (χ4v) is 3.89. The number of pyridine rings is 1. The van der Waals surface area contributed by atoms with Crippen molar-refractivity contribution < 1.29 is 4.79 Å². The molecule has 0 saturated carbocycles. The highest BCUT2D eigenvalue weighted by molar-refractivity contribution is 6.07. The number of anilines is 1. The van der Waals surface area contributed by atoms with Gasteiger partial charge >= 0.3 is 0 Å². The Kier molecular flexibility index (Phi) is 4.73. The number of carbonyl (C=O) groups excluding carboxylic acids is 1. The third kappa shape index (κ3) is 3.51. The van der Waals surface area contributed by atoms with E-state index in [0.29, 0.717) is 18.1 Å². The maximum atomic E-state index is 11.6. The number of amides is 1. The highest BCUT2D eigenvalue weighted by Crippen LogP contribution is 2.30. The molecule has 4 aromatic rings. The molecule has 1 unspecified atom stereocenters. The standard InChI is InChI=1S/C23H24N8O/c1-12(2)31-11-16(10-26-31)15-7-17(22(24)25-9-15)23-27-18-5-4-14(8-19(18)28-23)21-13(3)6-20(32)29-30-21/h4-5,7-13H,6H2,1-3H3,(H2,24,25)(H,27,28)(H,29,32). The molecule has 9 nitrogen and oxygen atoms in total. The maximum absolute atomic E-state index is 11.6. The minimum Gasteiger partial charge on any atom is -0.383 e. The number of nitrogens with one attached hydrogen (secondary N) is 2. The largest absolute Gasteiger partial charge is 0.383 e. The minimum atomic E-state index is -0.0637. The van der Waals surface area contributed by atoms with Gasteiger partial charge in [-0.25, -0.2) is 15.4 Å². The van der Waals surface area contributed by atoms with Gasteiger partial charge in [0, 0.05) is 47.5 Å². The third-order valence-electron chi connectivity index (χ3n) is 5.68. The quantitative estimate of drug-likeness (QED) is 0.458. The first-order valence-electron chi connectivity index (χ1n) is 10.6. The summed E-state index contributed by atoms with van der Waals surface area (Å²) in [7, 11) is 0. The SMILES string of the molecule is CC1CC(=O)NN=C1c1ccc2[nH]c(-c3cc(-c4cnn(C(C)C)c4)cnc3N)nc2c1. The van der Waals surface area contributed by atoms with E-state index >= 15 is 0 Å². The molecule has 32 heavy (non-hydrogen) atoms. The Morgan fingerprint density at radius 3 is 2.75 bits per heavy atom. The summed E-state index contributed by atoms with van der Waals surface area (Å²) in [6, 6.07) is 8.18. The van der Waals surface area contributed by atoms with Crippen LogP contribution in [0, 0.1) is 5.92 Å². The number of benzene rings is 1. The smallest absolute Gasteiger partial charge is 0.240 e. The van der Waals surface area contributed by atoms with Gasteiger partial charge in [-0.2, -0.15) is 10.2 Å². The van der Waals surface area contributed by atoms with Crippen LogP contribution in [0.25, 0.3) is 33.5 Å². The number of nitrogen functional groups attached to an aromatic ring is 1. The van der Waals surface area contributed by atoms with Crippen molar-refractivity contribution in [1.82, 2.24) is 30.2 Å². The fourth-order valence-electron chi connectivity index (χ4n) is 3.89. The van der Waals surface area contributed by atoms with Gasteiger partial charge in [-0.15, -0.1) is 0 Å². The number of rotatable bonds is 4. The Balaban J connectivity index is 1.52. The van der Waals surface area contributed by atoms with Gasteiger partial charge < -0.3 is 10.7 Å². The highest BCUT2D eigenvalue weighted by atomic mass is 16.2. The van der Waals surface area contributed by atoms with E-state index in [1.165, 1.54) is 0 Å². The van der Waals surface area contributed by atoms with E-state index in [1.807, 2.05) is 48.3 Å². The van der Waals surface area contributed by atoms with Crippen LogP contribution in [0.2, 0.25) is 0 Å². The van der Waals surface area contributed by atoms with E-state index < -0.39 is 0 Å². The van der Waals surface area contributed by atoms with Gasteiger partial charge in [-0.1, -0.05) is 13.0 Å². The molecule has 4 heterocycles. The molecular formula is C23H24N8O. The number of nitrogens with zero attached hydrogens (tertiary/aromatic N) is 5. The van der Waals surface area contributed by atoms with Crippen molar-refractivity contribution in [3.05, 3.63) is 48.4 Å². The molecule has 162 valence electrons. The zero-order valence-electron chi connectivity index (χ0n) is 18.1. The normalized spacial score (nSPS) is 16.4. The van der Waals surface area contributed by atoms with Crippen molar-refractivity contribution in [3.63, 3.8) is 0 Å². The molecule has 0 spiro atoms. The molecule has 0 saturated heterocycles. The van der Waals surface area contributed by atoms with E-state index in [2.05, 4.69) is 39.4 Å². The number of aromatic nitrogens is 5. The summed E-state index contributed by atoms with van der Waals surface area (Å²) in [4.78, 5) is 24.1. The molecular weight excluding hydrogens is 404 g/mol. The van der Waals surface area contributed by atoms with Crippen LogP contribution in [0.3, 0.4) is 0 Å². The highest BCUT2D eigenvalue weighted by Gasteiger charge is 2.22. The van der Waals surface area contributed by atoms with E-state index in [4.69, 9.17) is 10.7 Å². The monoisotopic (exact) mass is 428 g/mol. The summed E-state index contributed by atoms with van der Waals surface area (Å²) in [6.07, 6.45) is 5.99. The lowest BCUT2D eigenvalue weighted by molar-refractivity contribution is -0.121. The molecule has 0 bridgehead atoms. The summed E-state index contributed by atoms with van der Waals surface area (Å²) >= 11 is 0. The summed E-state index contributed by atoms with van der Waals surface area (Å²) in [5.41, 5.74) is 14.8. The lowest BCUT2D eigenvalue weighted by atomic mass is 9.94. The first-order chi connectivity index (χ1) is 15.4. The molecule has 3 aromatic heterocycles. The molecule has 1 aliphatic heterocycles. The van der Waals surface area contributed by atoms with E-state index in [0.717, 1.165) is 39.0 Å². The van der Waals surface area contributed by atoms with Crippen molar-refractivity contribution in [1.29, 1.82) is 0 Å². The van der Waals surface area contributed by atoms with E-state index in [9.17, 15) is 4.79 Å². The topological polar surface area (TPSA) is 127 Å². The molecule has 4 N–H and O–H groups in total. The Bertz CT molecular complexity index is 1360. The number of hydrazone groups is 1. The van der Waals surface area contributed by atoms with Gasteiger partial charge in [-0.05, 0) is 32.0 Å². The second-order valence-electron chi connectivity index (χ2n) is 8.41. The van der Waals surface area contributed by atoms with Crippen molar-refractivity contribution in [3.8, 4) is 22.5 Å². The van der Waals surface area contributed by atoms with Crippen LogP contribution < -0.4 is 11.2 Å². The van der Waals surface area contributed by atoms with Crippen molar-refractivity contribution >= 4 is 28.5 Å². The Morgan fingerprint density at radius 1 is 1.16 bits per heavy atom. The molecule has 1 amide bonds. The first-order valence-corrected chi connectivity index (χ1v) is 10.6. The molecule has 0 aliphatic carbocycles. The molecule has 1 aliphatic rings. The second kappa shape index (κ2) is 7.60. The number of aromatic amines is 1. The summed E-state index contributed by atoms with van der Waals surface area (Å²) in [5, 5.41) is 8.66. The Morgan fingerprint density at radius 2 is 2.00 bits per heavy atom.